The molecule has 89 valence electrons. The van der Waals surface area contributed by atoms with E-state index in [1.165, 1.54) is 65.2 Å². The fourth-order valence-corrected chi connectivity index (χ4v) is 4.23. The molecular weight excluding hydrogens is 198 g/mol. The molecule has 0 amide bonds. The summed E-state index contributed by atoms with van der Waals surface area (Å²) < 4.78 is 0. The van der Waals surface area contributed by atoms with Gasteiger partial charge in [-0.25, -0.2) is 0 Å². The zero-order chi connectivity index (χ0) is 10.5. The molecule has 3 nitrogen and oxygen atoms in total. The number of fused-ring (bicyclic) bond motifs is 7. The van der Waals surface area contributed by atoms with E-state index in [2.05, 4.69) is 14.7 Å². The molecule has 4 bridgehead atoms. The van der Waals surface area contributed by atoms with Gasteiger partial charge in [-0.1, -0.05) is 0 Å². The molecule has 6 fully saturated rings. The molecule has 0 spiro atoms. The lowest BCUT2D eigenvalue weighted by Crippen LogP contribution is -2.66. The molecular formula is C13H22N3. The number of nitrogens with zero attached hydrogens (tertiary/aromatic N) is 3. The summed E-state index contributed by atoms with van der Waals surface area (Å²) in [4.78, 5) is 8.15. The zero-order valence-electron chi connectivity index (χ0n) is 10.1. The fraction of sp³-hybridized carbons (Fsp3) is 0.923. The summed E-state index contributed by atoms with van der Waals surface area (Å²) in [6.07, 6.45) is 2.80. The number of piperazine rings is 3. The first-order valence-electron chi connectivity index (χ1n) is 6.93. The highest BCUT2D eigenvalue weighted by atomic mass is 15.3. The van der Waals surface area contributed by atoms with Crippen LogP contribution in [0.2, 0.25) is 0 Å². The third-order valence-electron chi connectivity index (χ3n) is 5.26. The molecule has 0 N–H and O–H groups in total. The van der Waals surface area contributed by atoms with Crippen molar-refractivity contribution in [2.24, 2.45) is 5.92 Å². The molecule has 0 saturated carbocycles. The Bertz CT molecular complexity index is 236. The van der Waals surface area contributed by atoms with E-state index in [1.807, 2.05) is 5.92 Å². The largest absolute Gasteiger partial charge is 0.303 e. The van der Waals surface area contributed by atoms with Gasteiger partial charge in [0.15, 0.2) is 0 Å². The predicted molar refractivity (Wildman–Crippen MR) is 64.2 cm³/mol. The molecule has 0 aromatic heterocycles. The Morgan fingerprint density at radius 3 is 1.94 bits per heavy atom. The molecule has 1 radical (unpaired) electrons. The predicted octanol–water partition coefficient (Wildman–Crippen LogP) is 0.286. The molecule has 3 heteroatoms. The van der Waals surface area contributed by atoms with Crippen LogP contribution in [0.15, 0.2) is 0 Å². The third-order valence-corrected chi connectivity index (χ3v) is 5.26. The van der Waals surface area contributed by atoms with Gasteiger partial charge < -0.3 is 4.90 Å². The SMILES string of the molecule is C1CN2CC[C]1C(C1CN3CCN1CC3)C2. The van der Waals surface area contributed by atoms with E-state index >= 15 is 0 Å². The van der Waals surface area contributed by atoms with Gasteiger partial charge in [0.25, 0.3) is 0 Å². The lowest BCUT2D eigenvalue weighted by atomic mass is 9.74. The van der Waals surface area contributed by atoms with Crippen molar-refractivity contribution in [3.63, 3.8) is 0 Å². The average molecular weight is 220 g/mol. The first-order chi connectivity index (χ1) is 7.90. The Labute approximate surface area is 98.4 Å². The van der Waals surface area contributed by atoms with Gasteiger partial charge in [-0.2, -0.15) is 0 Å². The summed E-state index contributed by atoms with van der Waals surface area (Å²) in [6.45, 7) is 10.7. The maximum Gasteiger partial charge on any atom is 0.0270 e. The molecule has 6 heterocycles. The number of piperidine rings is 3. The van der Waals surface area contributed by atoms with Gasteiger partial charge in [-0.15, -0.1) is 0 Å². The summed E-state index contributed by atoms with van der Waals surface area (Å²) in [5.74, 6) is 2.81. The lowest BCUT2D eigenvalue weighted by Gasteiger charge is -2.55. The Balaban J connectivity index is 1.53. The summed E-state index contributed by atoms with van der Waals surface area (Å²) in [7, 11) is 0. The standard InChI is InChI=1S/C13H22N3/c1-3-14-4-2-11(1)12(9-14)13-10-15-5-7-16(13)8-6-15/h12-13H,1-10H2. The molecule has 2 unspecified atom stereocenters. The van der Waals surface area contributed by atoms with E-state index in [0.717, 1.165) is 12.0 Å². The van der Waals surface area contributed by atoms with E-state index in [4.69, 9.17) is 0 Å². The zero-order valence-corrected chi connectivity index (χ0v) is 10.1. The van der Waals surface area contributed by atoms with E-state index in [0.29, 0.717) is 0 Å². The van der Waals surface area contributed by atoms with Crippen LogP contribution in [0.25, 0.3) is 0 Å². The monoisotopic (exact) mass is 220 g/mol. The van der Waals surface area contributed by atoms with Crippen molar-refractivity contribution in [3.05, 3.63) is 5.92 Å². The van der Waals surface area contributed by atoms with Crippen molar-refractivity contribution in [1.29, 1.82) is 0 Å². The molecule has 6 rings (SSSR count). The van der Waals surface area contributed by atoms with Crippen LogP contribution in [0.3, 0.4) is 0 Å². The molecule has 0 aliphatic carbocycles. The van der Waals surface area contributed by atoms with Gasteiger partial charge in [-0.05, 0) is 37.8 Å². The molecule has 2 atom stereocenters. The summed E-state index contributed by atoms with van der Waals surface area (Å²) >= 11 is 0. The smallest absolute Gasteiger partial charge is 0.0270 e. The first-order valence-corrected chi connectivity index (χ1v) is 6.93. The van der Waals surface area contributed by atoms with Crippen LogP contribution in [0.4, 0.5) is 0 Å². The highest BCUT2D eigenvalue weighted by Crippen LogP contribution is 2.39. The van der Waals surface area contributed by atoms with Gasteiger partial charge in [0.1, 0.15) is 0 Å². The van der Waals surface area contributed by atoms with E-state index in [-0.39, 0.29) is 0 Å². The molecule has 6 aliphatic rings. The van der Waals surface area contributed by atoms with E-state index < -0.39 is 0 Å². The Morgan fingerprint density at radius 2 is 1.44 bits per heavy atom. The number of hydrogen-bond donors (Lipinski definition) is 0. The Morgan fingerprint density at radius 1 is 0.750 bits per heavy atom. The minimum Gasteiger partial charge on any atom is -0.303 e. The number of rotatable bonds is 1. The average Bonchev–Trinajstić information content (AvgIpc) is 2.41. The van der Waals surface area contributed by atoms with Crippen LogP contribution in [-0.4, -0.2) is 73.1 Å². The topological polar surface area (TPSA) is 9.72 Å². The van der Waals surface area contributed by atoms with Crippen molar-refractivity contribution in [3.8, 4) is 0 Å². The minimum absolute atomic E-state index is 0.862. The minimum atomic E-state index is 0.862. The summed E-state index contributed by atoms with van der Waals surface area (Å²) in [5.41, 5.74) is 0. The van der Waals surface area contributed by atoms with Crippen molar-refractivity contribution >= 4 is 0 Å². The molecule has 0 aromatic rings. The van der Waals surface area contributed by atoms with Gasteiger partial charge in [0.2, 0.25) is 0 Å². The first kappa shape index (κ1) is 9.86. The van der Waals surface area contributed by atoms with E-state index in [9.17, 15) is 0 Å². The molecule has 6 saturated heterocycles. The third kappa shape index (κ3) is 1.45. The maximum atomic E-state index is 2.78. The van der Waals surface area contributed by atoms with Crippen molar-refractivity contribution in [2.75, 3.05) is 52.4 Å². The fourth-order valence-electron chi connectivity index (χ4n) is 4.23. The second kappa shape index (κ2) is 3.69. The van der Waals surface area contributed by atoms with Gasteiger partial charge in [0, 0.05) is 45.3 Å². The summed E-state index contributed by atoms with van der Waals surface area (Å²) in [5, 5.41) is 0. The van der Waals surface area contributed by atoms with Crippen LogP contribution in [-0.2, 0) is 0 Å². The van der Waals surface area contributed by atoms with Crippen LogP contribution < -0.4 is 0 Å². The van der Waals surface area contributed by atoms with Crippen molar-refractivity contribution in [2.45, 2.75) is 18.9 Å². The van der Waals surface area contributed by atoms with Crippen LogP contribution in [0, 0.1) is 11.8 Å². The maximum absolute atomic E-state index is 2.78. The van der Waals surface area contributed by atoms with Crippen LogP contribution in [0.5, 0.6) is 0 Å². The second-order valence-electron chi connectivity index (χ2n) is 5.97. The van der Waals surface area contributed by atoms with Gasteiger partial charge >= 0.3 is 0 Å². The van der Waals surface area contributed by atoms with Gasteiger partial charge in [0.05, 0.1) is 0 Å². The Hall–Kier alpha value is -0.120. The Kier molecular flexibility index (Phi) is 2.27. The highest BCUT2D eigenvalue weighted by Gasteiger charge is 2.44. The van der Waals surface area contributed by atoms with Crippen molar-refractivity contribution in [1.82, 2.24) is 14.7 Å². The van der Waals surface area contributed by atoms with Crippen molar-refractivity contribution < 1.29 is 0 Å². The van der Waals surface area contributed by atoms with Crippen LogP contribution >= 0.6 is 0 Å². The molecule has 0 aromatic carbocycles. The molecule has 16 heavy (non-hydrogen) atoms. The lowest BCUT2D eigenvalue weighted by molar-refractivity contribution is -0.0322. The molecule has 6 aliphatic heterocycles. The normalized spacial score (nSPS) is 52.1. The van der Waals surface area contributed by atoms with E-state index in [1.54, 1.807) is 0 Å². The number of hydrogen-bond acceptors (Lipinski definition) is 3. The quantitative estimate of drug-likeness (QED) is 0.629. The summed E-state index contributed by atoms with van der Waals surface area (Å²) in [6, 6.07) is 0.862. The second-order valence-corrected chi connectivity index (χ2v) is 5.97. The van der Waals surface area contributed by atoms with Gasteiger partial charge in [-0.3, -0.25) is 9.80 Å². The van der Waals surface area contributed by atoms with Crippen LogP contribution in [0.1, 0.15) is 12.8 Å². The highest BCUT2D eigenvalue weighted by molar-refractivity contribution is 5.12.